The van der Waals surface area contributed by atoms with Gasteiger partial charge in [-0.1, -0.05) is 60.7 Å². The van der Waals surface area contributed by atoms with Crippen molar-refractivity contribution in [2.75, 3.05) is 26.3 Å². The van der Waals surface area contributed by atoms with Crippen molar-refractivity contribution in [2.45, 2.75) is 138 Å². The molecule has 5 atom stereocenters. The summed E-state index contributed by atoms with van der Waals surface area (Å²) in [6.45, 7) is 0.686. The van der Waals surface area contributed by atoms with Crippen molar-refractivity contribution >= 4 is 71.7 Å². The van der Waals surface area contributed by atoms with Crippen LogP contribution >= 0.6 is 7.60 Å². The average Bonchev–Trinajstić information content (AvgIpc) is 4.32. The highest BCUT2D eigenvalue weighted by molar-refractivity contribution is 7.52. The van der Waals surface area contributed by atoms with Crippen molar-refractivity contribution in [1.29, 1.82) is 0 Å². The third-order valence-corrected chi connectivity index (χ3v) is 17.1. The first-order valence-corrected chi connectivity index (χ1v) is 29.0. The Bertz CT molecular complexity index is 3300. The van der Waals surface area contributed by atoms with E-state index in [1.807, 2.05) is 30.3 Å². The summed E-state index contributed by atoms with van der Waals surface area (Å²) in [5.74, 6) is 1.21. The first-order chi connectivity index (χ1) is 39.1. The summed E-state index contributed by atoms with van der Waals surface area (Å²) in [5, 5.41) is 10.9. The number of aromatic amines is 1. The Hall–Kier alpha value is -7.84. The molecule has 5 aliphatic rings. The van der Waals surface area contributed by atoms with Gasteiger partial charge in [-0.2, -0.15) is 8.78 Å². The highest BCUT2D eigenvalue weighted by Crippen LogP contribution is 2.59. The van der Waals surface area contributed by atoms with Crippen LogP contribution in [0, 0.1) is 11.8 Å². The molecule has 3 aromatic carbocycles. The summed E-state index contributed by atoms with van der Waals surface area (Å²) in [5.41, 5.74) is 1.71. The van der Waals surface area contributed by atoms with E-state index in [4.69, 9.17) is 10.5 Å². The van der Waals surface area contributed by atoms with Crippen LogP contribution in [-0.2, 0) is 60.6 Å². The second-order valence-corrected chi connectivity index (χ2v) is 23.1. The summed E-state index contributed by atoms with van der Waals surface area (Å²) in [6, 6.07) is 13.2. The van der Waals surface area contributed by atoms with E-state index in [2.05, 4.69) is 38.1 Å². The summed E-state index contributed by atoms with van der Waals surface area (Å²) in [7, 11) is -5.93. The number of benzene rings is 3. The van der Waals surface area contributed by atoms with Crippen LogP contribution in [0.3, 0.4) is 0 Å². The molecule has 82 heavy (non-hydrogen) atoms. The van der Waals surface area contributed by atoms with Gasteiger partial charge in [-0.25, -0.2) is 0 Å². The van der Waals surface area contributed by atoms with Crippen molar-refractivity contribution in [2.24, 2.45) is 5.73 Å². The molecular formula is C57H64F2N9O13P. The molecule has 0 radical (unpaired) electrons. The molecule has 22 nitrogen and oxygen atoms in total. The number of hydrogen-bond donors (Lipinski definition) is 8. The number of fused-ring (bicyclic) bond motifs is 3. The van der Waals surface area contributed by atoms with Gasteiger partial charge in [-0.3, -0.25) is 53.0 Å². The zero-order valence-corrected chi connectivity index (χ0v) is 45.7. The maximum Gasteiger partial charge on any atom is 0.399 e. The maximum atomic E-state index is 15.0. The Balaban J connectivity index is 0.885. The third kappa shape index (κ3) is 12.8. The van der Waals surface area contributed by atoms with Gasteiger partial charge in [0.1, 0.15) is 29.9 Å². The van der Waals surface area contributed by atoms with Gasteiger partial charge in [0.25, 0.3) is 11.8 Å². The quantitative estimate of drug-likeness (QED) is 0.0307. The molecule has 9 amide bonds. The Morgan fingerprint density at radius 2 is 1.68 bits per heavy atom. The molecule has 4 aromatic rings. The van der Waals surface area contributed by atoms with Crippen LogP contribution in [0.1, 0.15) is 133 Å². The van der Waals surface area contributed by atoms with Gasteiger partial charge < -0.3 is 55.9 Å². The number of rotatable bonds is 18. The molecule has 1 aromatic heterocycles. The minimum absolute atomic E-state index is 0.00114. The van der Waals surface area contributed by atoms with Crippen LogP contribution in [-0.4, -0.2) is 139 Å². The number of nitrogens with zero attached hydrogens (tertiary/aromatic N) is 3. The van der Waals surface area contributed by atoms with E-state index in [-0.39, 0.29) is 98.9 Å². The number of carbonyl (C=O) groups excluding carboxylic acids is 9. The monoisotopic (exact) mass is 1150 g/mol. The molecule has 9 N–H and O–H groups in total. The number of nitrogens with two attached hydrogens (primary N) is 1. The summed E-state index contributed by atoms with van der Waals surface area (Å²) < 4.78 is 46.7. The minimum Gasteiger partial charge on any atom is -0.381 e. The third-order valence-electron chi connectivity index (χ3n) is 16.1. The van der Waals surface area contributed by atoms with Crippen LogP contribution in [0.5, 0.6) is 0 Å². The Kier molecular flexibility index (Phi) is 17.7. The van der Waals surface area contributed by atoms with Gasteiger partial charge in [0, 0.05) is 92.2 Å². The van der Waals surface area contributed by atoms with Crippen molar-refractivity contribution < 1.29 is 71.0 Å². The fourth-order valence-electron chi connectivity index (χ4n) is 11.6. The number of primary amides is 1. The molecular weight excluding hydrogens is 1090 g/mol. The lowest BCUT2D eigenvalue weighted by molar-refractivity contribution is -0.145. The first-order valence-electron chi connectivity index (χ1n) is 27.4. The van der Waals surface area contributed by atoms with Gasteiger partial charge in [0.05, 0.1) is 5.54 Å². The van der Waals surface area contributed by atoms with E-state index in [9.17, 15) is 61.5 Å². The summed E-state index contributed by atoms with van der Waals surface area (Å²) in [4.78, 5) is 148. The smallest absolute Gasteiger partial charge is 0.381 e. The normalized spacial score (nSPS) is 21.3. The van der Waals surface area contributed by atoms with Crippen molar-refractivity contribution in [3.05, 3.63) is 106 Å². The largest absolute Gasteiger partial charge is 0.399 e. The predicted molar refractivity (Wildman–Crippen MR) is 289 cm³/mol. The number of alkyl halides is 2. The van der Waals surface area contributed by atoms with Gasteiger partial charge >= 0.3 is 13.3 Å². The molecule has 0 aliphatic carbocycles. The SMILES string of the molecule is NC(=O)CC[C@H](NC(=O)[C@@H]1CC[C@@H]2CCN(C(=O)CCCCCC#Cc3cccc4c3CN(C3CCC(=O)NC3=O)C4=O)C[C@H](NC(=O)c3cc4cc(C(F)(F)P(=O)(O)O)ccc4[nH]3)C(=O)N21)C(=O)NC1(c2ccccc2)CCOCC1. The molecule has 4 fully saturated rings. The van der Waals surface area contributed by atoms with E-state index in [1.54, 1.807) is 18.2 Å². The lowest BCUT2D eigenvalue weighted by Crippen LogP contribution is -2.62. The number of unbranched alkanes of at least 4 members (excludes halogenated alkanes) is 3. The molecule has 9 rings (SSSR count). The fraction of sp³-hybridized carbons (Fsp3) is 0.456. The Morgan fingerprint density at radius 1 is 0.915 bits per heavy atom. The number of imide groups is 1. The highest BCUT2D eigenvalue weighted by atomic mass is 31.2. The minimum atomic E-state index is -5.93. The number of halogens is 2. The lowest BCUT2D eigenvalue weighted by atomic mass is 9.82. The van der Waals surface area contributed by atoms with Crippen molar-refractivity contribution in [3.8, 4) is 11.8 Å². The van der Waals surface area contributed by atoms with Crippen LogP contribution in [0.2, 0.25) is 0 Å². The Morgan fingerprint density at radius 3 is 2.41 bits per heavy atom. The van der Waals surface area contributed by atoms with Crippen LogP contribution in [0.4, 0.5) is 8.78 Å². The number of H-pyrrole nitrogens is 1. The molecule has 1 unspecified atom stereocenters. The number of amides is 9. The standard InChI is InChI=1S/C57H64F2N9O13P/c58-57(59,82(78,79)80)37-16-18-41-35(30-37)31-43(61-41)50(72)63-44-33-66(49(71)15-8-3-1-2-5-10-34-11-9-14-39-40(34)32-67(54(39)76)45-21-23-48(70)64-52(45)74)27-24-38-17-20-46(68(38)55(44)77)53(75)62-42(19-22-47(60)69)51(73)65-56(25-28-81-29-26-56)36-12-6-4-7-13-36/h4,6-7,9,11-14,16,18,30-31,38,42,44-46,61H,1-3,8,15,17,19-29,32-33H2,(H2,60,69)(H,62,75)(H,63,72)(H,65,73)(H,64,70,74)(H2,78,79,80)/t38-,42+,44+,45?,46+/m1/s1. The number of hydrogen-bond acceptors (Lipinski definition) is 11. The zero-order chi connectivity index (χ0) is 58.5. The van der Waals surface area contributed by atoms with Gasteiger partial charge in [-0.05, 0) is 99.2 Å². The Labute approximate surface area is 470 Å². The maximum absolute atomic E-state index is 15.0. The number of ether oxygens (including phenoxy) is 1. The van der Waals surface area contributed by atoms with Crippen molar-refractivity contribution in [3.63, 3.8) is 0 Å². The van der Waals surface area contributed by atoms with E-state index in [1.165, 1.54) is 20.8 Å². The number of aromatic nitrogens is 1. The summed E-state index contributed by atoms with van der Waals surface area (Å²) in [6.07, 6.45) is 3.72. The number of carbonyl (C=O) groups is 9. The van der Waals surface area contributed by atoms with Crippen LogP contribution < -0.4 is 27.0 Å². The van der Waals surface area contributed by atoms with Gasteiger partial charge in [0.2, 0.25) is 41.4 Å². The van der Waals surface area contributed by atoms with E-state index < -0.39 is 90.0 Å². The molecule has 5 aliphatic heterocycles. The molecule has 4 saturated heterocycles. The summed E-state index contributed by atoms with van der Waals surface area (Å²) >= 11 is 0. The molecule has 0 bridgehead atoms. The molecule has 25 heteroatoms. The highest BCUT2D eigenvalue weighted by Gasteiger charge is 2.51. The lowest BCUT2D eigenvalue weighted by Gasteiger charge is -2.40. The number of piperidine rings is 1. The molecule has 6 heterocycles. The first kappa shape index (κ1) is 58.8. The number of nitrogens with one attached hydrogen (secondary N) is 5. The van der Waals surface area contributed by atoms with E-state index in [0.717, 1.165) is 23.8 Å². The second-order valence-electron chi connectivity index (χ2n) is 21.4. The second kappa shape index (κ2) is 24.7. The van der Waals surface area contributed by atoms with Crippen LogP contribution in [0.25, 0.3) is 10.9 Å². The average molecular weight is 1150 g/mol. The molecule has 0 saturated carbocycles. The fourth-order valence-corrected chi connectivity index (χ4v) is 12.1. The molecule has 434 valence electrons. The molecule has 0 spiro atoms. The van der Waals surface area contributed by atoms with E-state index >= 15 is 4.79 Å². The van der Waals surface area contributed by atoms with Gasteiger partial charge in [-0.15, -0.1) is 0 Å². The van der Waals surface area contributed by atoms with Gasteiger partial charge in [0.15, 0.2) is 0 Å². The van der Waals surface area contributed by atoms with E-state index in [0.29, 0.717) is 74.8 Å². The topological polar surface area (TPSA) is 320 Å². The zero-order valence-electron chi connectivity index (χ0n) is 44.8. The van der Waals surface area contributed by atoms with Crippen molar-refractivity contribution in [1.82, 2.24) is 41.0 Å². The predicted octanol–water partition coefficient (Wildman–Crippen LogP) is 3.42. The van der Waals surface area contributed by atoms with Crippen LogP contribution in [0.15, 0.2) is 72.8 Å².